The highest BCUT2D eigenvalue weighted by molar-refractivity contribution is 5.37. The number of likely N-dealkylation sites (N-methyl/N-ethyl adjacent to an activating group) is 1. The molecule has 1 aliphatic rings. The molecule has 21 heavy (non-hydrogen) atoms. The molecule has 2 nitrogen and oxygen atoms in total. The zero-order valence-electron chi connectivity index (χ0n) is 14.2. The molecule has 1 atom stereocenters. The Kier molecular flexibility index (Phi) is 5.83. The van der Waals surface area contributed by atoms with Crippen molar-refractivity contribution in [3.05, 3.63) is 34.9 Å². The maximum absolute atomic E-state index is 6.39. The van der Waals surface area contributed by atoms with Crippen LogP contribution in [0.4, 0.5) is 0 Å². The van der Waals surface area contributed by atoms with E-state index in [4.69, 9.17) is 4.74 Å². The third-order valence-electron chi connectivity index (χ3n) is 5.15. The molecular weight excluding hydrogens is 258 g/mol. The molecule has 1 aliphatic carbocycles. The van der Waals surface area contributed by atoms with E-state index in [2.05, 4.69) is 51.3 Å². The molecule has 1 unspecified atom stereocenters. The van der Waals surface area contributed by atoms with Gasteiger partial charge in [-0.3, -0.25) is 0 Å². The largest absolute Gasteiger partial charge is 0.373 e. The molecule has 1 saturated carbocycles. The van der Waals surface area contributed by atoms with Crippen LogP contribution in [0.1, 0.15) is 68.2 Å². The number of hydrogen-bond acceptors (Lipinski definition) is 2. The standard InChI is InChI=1S/C19H31NO/c1-5-21-19(13-8-6-7-9-14-19)18(20-4)17-12-10-11-15(2)16(17)3/h10-12,18,20H,5-9,13-14H2,1-4H3. The summed E-state index contributed by atoms with van der Waals surface area (Å²) in [5.74, 6) is 0. The summed E-state index contributed by atoms with van der Waals surface area (Å²) < 4.78 is 6.39. The molecule has 0 spiro atoms. The molecule has 1 fully saturated rings. The normalized spacial score (nSPS) is 20.0. The van der Waals surface area contributed by atoms with Gasteiger partial charge in [0, 0.05) is 6.61 Å². The lowest BCUT2D eigenvalue weighted by atomic mass is 9.80. The fraction of sp³-hybridized carbons (Fsp3) is 0.684. The summed E-state index contributed by atoms with van der Waals surface area (Å²) in [4.78, 5) is 0. The van der Waals surface area contributed by atoms with Crippen molar-refractivity contribution in [1.82, 2.24) is 5.32 Å². The van der Waals surface area contributed by atoms with Crippen molar-refractivity contribution in [3.8, 4) is 0 Å². The molecule has 0 saturated heterocycles. The lowest BCUT2D eigenvalue weighted by Crippen LogP contribution is -2.45. The molecule has 0 amide bonds. The third-order valence-corrected chi connectivity index (χ3v) is 5.15. The van der Waals surface area contributed by atoms with Gasteiger partial charge < -0.3 is 10.1 Å². The van der Waals surface area contributed by atoms with Crippen LogP contribution in [0.5, 0.6) is 0 Å². The number of ether oxygens (including phenoxy) is 1. The van der Waals surface area contributed by atoms with Crippen LogP contribution < -0.4 is 5.32 Å². The SMILES string of the molecule is CCOC1(C(NC)c2cccc(C)c2C)CCCCCC1. The van der Waals surface area contributed by atoms with E-state index in [1.165, 1.54) is 55.2 Å². The predicted molar refractivity (Wildman–Crippen MR) is 89.8 cm³/mol. The first-order chi connectivity index (χ1) is 10.1. The Morgan fingerprint density at radius 2 is 1.81 bits per heavy atom. The maximum Gasteiger partial charge on any atom is 0.0876 e. The van der Waals surface area contributed by atoms with Gasteiger partial charge in [0.15, 0.2) is 0 Å². The Balaban J connectivity index is 2.41. The highest BCUT2D eigenvalue weighted by Gasteiger charge is 2.40. The summed E-state index contributed by atoms with van der Waals surface area (Å²) >= 11 is 0. The van der Waals surface area contributed by atoms with Crippen molar-refractivity contribution in [1.29, 1.82) is 0 Å². The first-order valence-electron chi connectivity index (χ1n) is 8.52. The van der Waals surface area contributed by atoms with Gasteiger partial charge >= 0.3 is 0 Å². The van der Waals surface area contributed by atoms with E-state index in [1.807, 2.05) is 0 Å². The minimum atomic E-state index is -0.0431. The van der Waals surface area contributed by atoms with Crippen molar-refractivity contribution in [2.75, 3.05) is 13.7 Å². The van der Waals surface area contributed by atoms with Gasteiger partial charge in [-0.2, -0.15) is 0 Å². The van der Waals surface area contributed by atoms with Crippen LogP contribution in [0.3, 0.4) is 0 Å². The van der Waals surface area contributed by atoms with Crippen LogP contribution >= 0.6 is 0 Å². The Bertz CT molecular complexity index is 447. The zero-order valence-corrected chi connectivity index (χ0v) is 14.2. The van der Waals surface area contributed by atoms with Crippen LogP contribution in [-0.2, 0) is 4.74 Å². The Morgan fingerprint density at radius 1 is 1.14 bits per heavy atom. The van der Waals surface area contributed by atoms with E-state index in [9.17, 15) is 0 Å². The summed E-state index contributed by atoms with van der Waals surface area (Å²) in [5, 5.41) is 3.58. The van der Waals surface area contributed by atoms with E-state index < -0.39 is 0 Å². The third kappa shape index (κ3) is 3.49. The number of nitrogens with one attached hydrogen (secondary N) is 1. The molecule has 1 aromatic rings. The molecule has 118 valence electrons. The molecule has 0 aromatic heterocycles. The summed E-state index contributed by atoms with van der Waals surface area (Å²) in [5.41, 5.74) is 4.14. The second-order valence-corrected chi connectivity index (χ2v) is 6.42. The second-order valence-electron chi connectivity index (χ2n) is 6.42. The quantitative estimate of drug-likeness (QED) is 0.794. The van der Waals surface area contributed by atoms with Crippen molar-refractivity contribution in [2.24, 2.45) is 0 Å². The van der Waals surface area contributed by atoms with Gasteiger partial charge in [0.25, 0.3) is 0 Å². The van der Waals surface area contributed by atoms with Crippen LogP contribution in [-0.4, -0.2) is 19.3 Å². The fourth-order valence-corrected chi connectivity index (χ4v) is 3.92. The lowest BCUT2D eigenvalue weighted by molar-refractivity contribution is -0.0768. The summed E-state index contributed by atoms with van der Waals surface area (Å²) in [6.45, 7) is 7.36. The van der Waals surface area contributed by atoms with Crippen LogP contribution in [0.15, 0.2) is 18.2 Å². The fourth-order valence-electron chi connectivity index (χ4n) is 3.92. The van der Waals surface area contributed by atoms with Gasteiger partial charge in [0.2, 0.25) is 0 Å². The number of rotatable bonds is 5. The van der Waals surface area contributed by atoms with Crippen LogP contribution in [0.25, 0.3) is 0 Å². The van der Waals surface area contributed by atoms with Gasteiger partial charge in [0.1, 0.15) is 0 Å². The molecule has 1 aromatic carbocycles. The Morgan fingerprint density at radius 3 is 2.38 bits per heavy atom. The average molecular weight is 289 g/mol. The highest BCUT2D eigenvalue weighted by Crippen LogP contribution is 2.41. The smallest absolute Gasteiger partial charge is 0.0876 e. The second kappa shape index (κ2) is 7.42. The van der Waals surface area contributed by atoms with Gasteiger partial charge in [-0.05, 0) is 57.4 Å². The number of hydrogen-bond donors (Lipinski definition) is 1. The van der Waals surface area contributed by atoms with Gasteiger partial charge in [-0.1, -0.05) is 43.9 Å². The minimum Gasteiger partial charge on any atom is -0.373 e. The van der Waals surface area contributed by atoms with Gasteiger partial charge in [-0.15, -0.1) is 0 Å². The highest BCUT2D eigenvalue weighted by atomic mass is 16.5. The number of benzene rings is 1. The maximum atomic E-state index is 6.39. The van der Waals surface area contributed by atoms with E-state index >= 15 is 0 Å². The predicted octanol–water partition coefficient (Wildman–Crippen LogP) is 4.69. The molecule has 0 aliphatic heterocycles. The topological polar surface area (TPSA) is 21.3 Å². The van der Waals surface area contributed by atoms with Crippen molar-refractivity contribution < 1.29 is 4.74 Å². The number of aryl methyl sites for hydroxylation is 1. The molecule has 0 bridgehead atoms. The Labute approximate surface area is 130 Å². The lowest BCUT2D eigenvalue weighted by Gasteiger charge is -2.41. The molecule has 0 radical (unpaired) electrons. The van der Waals surface area contributed by atoms with E-state index in [0.717, 1.165) is 6.61 Å². The molecule has 1 N–H and O–H groups in total. The molecule has 0 heterocycles. The van der Waals surface area contributed by atoms with E-state index in [0.29, 0.717) is 0 Å². The van der Waals surface area contributed by atoms with Crippen molar-refractivity contribution in [3.63, 3.8) is 0 Å². The van der Waals surface area contributed by atoms with Crippen LogP contribution in [0, 0.1) is 13.8 Å². The van der Waals surface area contributed by atoms with Crippen molar-refractivity contribution in [2.45, 2.75) is 70.9 Å². The molecule has 2 heteroatoms. The minimum absolute atomic E-state index is 0.0431. The van der Waals surface area contributed by atoms with E-state index in [-0.39, 0.29) is 11.6 Å². The average Bonchev–Trinajstić information content (AvgIpc) is 2.71. The molecular formula is C19H31NO. The monoisotopic (exact) mass is 289 g/mol. The van der Waals surface area contributed by atoms with Crippen molar-refractivity contribution >= 4 is 0 Å². The summed E-state index contributed by atoms with van der Waals surface area (Å²) in [7, 11) is 2.08. The summed E-state index contributed by atoms with van der Waals surface area (Å²) in [6.07, 6.45) is 7.58. The first-order valence-corrected chi connectivity index (χ1v) is 8.52. The summed E-state index contributed by atoms with van der Waals surface area (Å²) in [6, 6.07) is 6.94. The van der Waals surface area contributed by atoms with E-state index in [1.54, 1.807) is 0 Å². The first kappa shape index (κ1) is 16.5. The van der Waals surface area contributed by atoms with Gasteiger partial charge in [-0.25, -0.2) is 0 Å². The van der Waals surface area contributed by atoms with Crippen LogP contribution in [0.2, 0.25) is 0 Å². The Hall–Kier alpha value is -0.860. The van der Waals surface area contributed by atoms with Gasteiger partial charge in [0.05, 0.1) is 11.6 Å². The zero-order chi connectivity index (χ0) is 15.3. The molecule has 2 rings (SSSR count).